The van der Waals surface area contributed by atoms with Crippen LogP contribution in [0.1, 0.15) is 44.1 Å². The predicted molar refractivity (Wildman–Crippen MR) is 155 cm³/mol. The van der Waals surface area contributed by atoms with Gasteiger partial charge in [0.05, 0.1) is 10.9 Å². The topological polar surface area (TPSA) is 66.4 Å². The summed E-state index contributed by atoms with van der Waals surface area (Å²) in [5.41, 5.74) is 2.54. The number of hydrogen-bond acceptors (Lipinski definition) is 7. The monoisotopic (exact) mass is 538 g/mol. The zero-order chi connectivity index (χ0) is 26.8. The number of piperazine rings is 1. The van der Waals surface area contributed by atoms with Crippen molar-refractivity contribution in [3.05, 3.63) is 54.0 Å². The molecule has 2 bridgehead atoms. The highest BCUT2D eigenvalue weighted by atomic mass is 19.1. The van der Waals surface area contributed by atoms with Crippen molar-refractivity contribution in [3.8, 4) is 17.3 Å². The van der Waals surface area contributed by atoms with E-state index in [9.17, 15) is 0 Å². The van der Waals surface area contributed by atoms with E-state index < -0.39 is 5.82 Å². The first-order chi connectivity index (χ1) is 19.6. The van der Waals surface area contributed by atoms with E-state index >= 15 is 4.39 Å². The Labute approximate surface area is 233 Å². The fourth-order valence-electron chi connectivity index (χ4n) is 7.87. The van der Waals surface area contributed by atoms with Crippen LogP contribution in [-0.2, 0) is 0 Å². The van der Waals surface area contributed by atoms with Gasteiger partial charge in [-0.25, -0.2) is 4.39 Å². The van der Waals surface area contributed by atoms with Crippen molar-refractivity contribution in [2.75, 3.05) is 37.7 Å². The van der Waals surface area contributed by atoms with E-state index in [-0.39, 0.29) is 17.1 Å². The highest BCUT2D eigenvalue weighted by Gasteiger charge is 2.45. The number of aromatic nitrogens is 3. The van der Waals surface area contributed by atoms with Crippen molar-refractivity contribution in [1.29, 1.82) is 0 Å². The molecule has 6 heterocycles. The predicted octanol–water partition coefficient (Wildman–Crippen LogP) is 5.24. The number of pyridine rings is 1. The molecular weight excluding hydrogens is 503 g/mol. The van der Waals surface area contributed by atoms with E-state index in [1.807, 2.05) is 18.2 Å². The molecule has 0 saturated carbocycles. The van der Waals surface area contributed by atoms with Crippen LogP contribution in [0.3, 0.4) is 0 Å². The Kier molecular flexibility index (Phi) is 5.71. The lowest BCUT2D eigenvalue weighted by Crippen LogP contribution is -2.51. The normalized spacial score (nSPS) is 23.8. The molecule has 2 aromatic carbocycles. The van der Waals surface area contributed by atoms with Crippen LogP contribution in [0.2, 0.25) is 0 Å². The number of aryl methyl sites for hydroxylation is 1. The van der Waals surface area contributed by atoms with Crippen LogP contribution >= 0.6 is 0 Å². The lowest BCUT2D eigenvalue weighted by atomic mass is 9.95. The number of hydrogen-bond donors (Lipinski definition) is 1. The highest BCUT2D eigenvalue weighted by molar-refractivity contribution is 6.00. The number of benzene rings is 2. The summed E-state index contributed by atoms with van der Waals surface area (Å²) in [7, 11) is 0. The molecule has 1 N–H and O–H groups in total. The Morgan fingerprint density at radius 2 is 1.77 bits per heavy atom. The lowest BCUT2D eigenvalue weighted by molar-refractivity contribution is 0.108. The maximum Gasteiger partial charge on any atom is 0.319 e. The van der Waals surface area contributed by atoms with Gasteiger partial charge in [0, 0.05) is 36.9 Å². The van der Waals surface area contributed by atoms with Gasteiger partial charge < -0.3 is 15.0 Å². The van der Waals surface area contributed by atoms with Gasteiger partial charge in [-0.1, -0.05) is 36.4 Å². The van der Waals surface area contributed by atoms with Crippen LogP contribution in [-0.4, -0.2) is 70.3 Å². The molecule has 2 atom stereocenters. The van der Waals surface area contributed by atoms with E-state index in [1.54, 1.807) is 6.20 Å². The molecule has 8 rings (SSSR count). The van der Waals surface area contributed by atoms with Gasteiger partial charge in [0.1, 0.15) is 23.6 Å². The Morgan fingerprint density at radius 1 is 1.02 bits per heavy atom. The van der Waals surface area contributed by atoms with E-state index in [4.69, 9.17) is 19.7 Å². The number of nitrogens with zero attached hydrogens (tertiary/aromatic N) is 5. The van der Waals surface area contributed by atoms with Gasteiger partial charge in [-0.05, 0) is 74.9 Å². The largest absolute Gasteiger partial charge is 0.461 e. The van der Waals surface area contributed by atoms with Crippen molar-refractivity contribution in [1.82, 2.24) is 25.2 Å². The molecule has 2 aromatic heterocycles. The second-order valence-electron chi connectivity index (χ2n) is 12.2. The summed E-state index contributed by atoms with van der Waals surface area (Å²) in [6.45, 7) is 6.55. The van der Waals surface area contributed by atoms with Gasteiger partial charge in [-0.15, -0.1) is 0 Å². The standard InChI is InChI=1S/C32H35FN6O/c1-20-6-2-7-21-8-3-9-24(26(20)21)28-27(33)29-25(16-34-28)30(38-17-22-10-11-23(18-38)35-22)37-31(36-29)40-19-32-12-4-14-39(32)15-5-13-32/h2-3,6-9,16,22-23,35H,4-5,10-15,17-19H2,1H3/t22-,23+. The molecule has 0 aliphatic carbocycles. The minimum atomic E-state index is -0.415. The SMILES string of the molecule is Cc1cccc2cccc(-c3ncc4c(N5C[C@H]6CC[C@@H](C5)N6)nc(OCC56CCCN5CCC6)nc4c3F)c12. The molecule has 7 nitrogen and oxygen atoms in total. The van der Waals surface area contributed by atoms with Gasteiger partial charge in [0.15, 0.2) is 5.82 Å². The van der Waals surface area contributed by atoms with Crippen LogP contribution in [0.5, 0.6) is 6.01 Å². The number of ether oxygens (including phenoxy) is 1. The van der Waals surface area contributed by atoms with Crippen LogP contribution in [0.4, 0.5) is 10.2 Å². The van der Waals surface area contributed by atoms with Crippen LogP contribution in [0, 0.1) is 12.7 Å². The van der Waals surface area contributed by atoms with Crippen LogP contribution < -0.4 is 15.0 Å². The fourth-order valence-corrected chi connectivity index (χ4v) is 7.87. The van der Waals surface area contributed by atoms with E-state index in [2.05, 4.69) is 40.2 Å². The summed E-state index contributed by atoms with van der Waals surface area (Å²) >= 11 is 0. The molecular formula is C32H35FN6O. The number of halogens is 1. The second kappa shape index (κ2) is 9.35. The minimum Gasteiger partial charge on any atom is -0.461 e. The van der Waals surface area contributed by atoms with Crippen molar-refractivity contribution >= 4 is 27.5 Å². The molecule has 4 saturated heterocycles. The third-order valence-corrected chi connectivity index (χ3v) is 9.81. The first-order valence-corrected chi connectivity index (χ1v) is 14.8. The quantitative estimate of drug-likeness (QED) is 0.373. The Morgan fingerprint density at radius 3 is 2.55 bits per heavy atom. The van der Waals surface area contributed by atoms with Crippen molar-refractivity contribution < 1.29 is 9.13 Å². The summed E-state index contributed by atoms with van der Waals surface area (Å²) in [4.78, 5) is 19.2. The summed E-state index contributed by atoms with van der Waals surface area (Å²) in [5.74, 6) is 0.319. The molecule has 0 spiro atoms. The molecule has 40 heavy (non-hydrogen) atoms. The summed E-state index contributed by atoms with van der Waals surface area (Å²) in [6, 6.07) is 13.2. The summed E-state index contributed by atoms with van der Waals surface area (Å²) < 4.78 is 23.0. The van der Waals surface area contributed by atoms with Crippen LogP contribution in [0.15, 0.2) is 42.6 Å². The number of nitrogens with one attached hydrogen (secondary N) is 1. The molecule has 0 radical (unpaired) electrons. The Bertz CT molecular complexity index is 1600. The smallest absolute Gasteiger partial charge is 0.319 e. The number of fused-ring (bicyclic) bond motifs is 5. The molecule has 4 aromatic rings. The third-order valence-electron chi connectivity index (χ3n) is 9.81. The van der Waals surface area contributed by atoms with Crippen molar-refractivity contribution in [2.45, 2.75) is 63.1 Å². The average molecular weight is 539 g/mol. The van der Waals surface area contributed by atoms with Crippen molar-refractivity contribution in [2.24, 2.45) is 0 Å². The van der Waals surface area contributed by atoms with Gasteiger partial charge >= 0.3 is 6.01 Å². The molecule has 206 valence electrons. The second-order valence-corrected chi connectivity index (χ2v) is 12.2. The summed E-state index contributed by atoms with van der Waals surface area (Å²) in [6.07, 6.45) is 8.75. The fraction of sp³-hybridized carbons (Fsp3) is 0.469. The molecule has 4 aliphatic heterocycles. The van der Waals surface area contributed by atoms with Crippen molar-refractivity contribution in [3.63, 3.8) is 0 Å². The molecule has 8 heteroatoms. The third kappa shape index (κ3) is 3.87. The molecule has 4 aliphatic rings. The molecule has 0 unspecified atom stereocenters. The van der Waals surface area contributed by atoms with E-state index in [1.165, 1.54) is 12.8 Å². The van der Waals surface area contributed by atoms with Crippen LogP contribution in [0.25, 0.3) is 32.9 Å². The maximum atomic E-state index is 16.6. The summed E-state index contributed by atoms with van der Waals surface area (Å²) in [5, 5.41) is 6.42. The lowest BCUT2D eigenvalue weighted by Gasteiger charge is -2.34. The van der Waals surface area contributed by atoms with Gasteiger partial charge in [-0.3, -0.25) is 9.88 Å². The molecule has 4 fully saturated rings. The Balaban J connectivity index is 1.25. The first kappa shape index (κ1) is 24.4. The first-order valence-electron chi connectivity index (χ1n) is 14.8. The zero-order valence-corrected chi connectivity index (χ0v) is 23.0. The maximum absolute atomic E-state index is 16.6. The van der Waals surface area contributed by atoms with Gasteiger partial charge in [0.2, 0.25) is 0 Å². The average Bonchev–Trinajstić information content (AvgIpc) is 3.65. The van der Waals surface area contributed by atoms with E-state index in [0.717, 1.165) is 79.6 Å². The highest BCUT2D eigenvalue weighted by Crippen LogP contribution is 2.40. The number of rotatable bonds is 5. The van der Waals surface area contributed by atoms with Gasteiger partial charge in [-0.2, -0.15) is 9.97 Å². The zero-order valence-electron chi connectivity index (χ0n) is 23.0. The Hall–Kier alpha value is -3.36. The van der Waals surface area contributed by atoms with E-state index in [0.29, 0.717) is 29.8 Å². The minimum absolute atomic E-state index is 0.0645. The molecule has 0 amide bonds. The number of anilines is 1. The van der Waals surface area contributed by atoms with Gasteiger partial charge in [0.25, 0.3) is 0 Å².